The minimum atomic E-state index is 0.0961. The Morgan fingerprint density at radius 2 is 1.96 bits per heavy atom. The Bertz CT molecular complexity index is 772. The average Bonchev–Trinajstić information content (AvgIpc) is 3.35. The van der Waals surface area contributed by atoms with Crippen LogP contribution in [0.1, 0.15) is 34.5 Å². The molecule has 1 amide bonds. The van der Waals surface area contributed by atoms with Crippen LogP contribution in [0.4, 0.5) is 0 Å². The van der Waals surface area contributed by atoms with E-state index in [4.69, 9.17) is 13.9 Å². The Morgan fingerprint density at radius 1 is 1.15 bits per heavy atom. The van der Waals surface area contributed by atoms with E-state index in [2.05, 4.69) is 11.9 Å². The van der Waals surface area contributed by atoms with Gasteiger partial charge < -0.3 is 23.7 Å². The fraction of sp³-hybridized carbons (Fsp3) is 0.450. The third-order valence-electron chi connectivity index (χ3n) is 4.99. The summed E-state index contributed by atoms with van der Waals surface area (Å²) in [6.07, 6.45) is 4.72. The first-order chi connectivity index (χ1) is 12.7. The molecule has 6 nitrogen and oxygen atoms in total. The van der Waals surface area contributed by atoms with E-state index in [1.807, 2.05) is 29.2 Å². The molecule has 4 rings (SSSR count). The first kappa shape index (κ1) is 17.0. The van der Waals surface area contributed by atoms with Crippen molar-refractivity contribution in [2.45, 2.75) is 25.8 Å². The molecule has 0 spiro atoms. The van der Waals surface area contributed by atoms with Gasteiger partial charge in [-0.3, -0.25) is 4.79 Å². The van der Waals surface area contributed by atoms with Gasteiger partial charge in [-0.1, -0.05) is 0 Å². The molecule has 0 N–H and O–H groups in total. The molecule has 0 bridgehead atoms. The molecule has 0 saturated carbocycles. The number of fused-ring (bicyclic) bond motifs is 2. The predicted molar refractivity (Wildman–Crippen MR) is 96.4 cm³/mol. The highest BCUT2D eigenvalue weighted by atomic mass is 16.7. The normalized spacial score (nSPS) is 15.2. The van der Waals surface area contributed by atoms with E-state index in [9.17, 15) is 4.79 Å². The van der Waals surface area contributed by atoms with Gasteiger partial charge in [-0.05, 0) is 62.8 Å². The summed E-state index contributed by atoms with van der Waals surface area (Å²) < 4.78 is 16.1. The highest BCUT2D eigenvalue weighted by Gasteiger charge is 2.30. The minimum Gasteiger partial charge on any atom is -0.469 e. The summed E-state index contributed by atoms with van der Waals surface area (Å²) >= 11 is 0. The third kappa shape index (κ3) is 3.55. The Kier molecular flexibility index (Phi) is 4.84. The fourth-order valence-corrected chi connectivity index (χ4v) is 3.56. The van der Waals surface area contributed by atoms with Gasteiger partial charge >= 0.3 is 0 Å². The Balaban J connectivity index is 1.21. The van der Waals surface area contributed by atoms with Crippen molar-refractivity contribution in [3.05, 3.63) is 47.4 Å². The molecular formula is C20H24N2O4. The van der Waals surface area contributed by atoms with Crippen LogP contribution in [0, 0.1) is 0 Å². The number of carbonyl (C=O) groups excluding carboxylic acids is 1. The van der Waals surface area contributed by atoms with Crippen molar-refractivity contribution < 1.29 is 18.7 Å². The summed E-state index contributed by atoms with van der Waals surface area (Å²) in [6, 6.07) is 7.71. The maximum atomic E-state index is 12.6. The second-order valence-corrected chi connectivity index (χ2v) is 6.93. The van der Waals surface area contributed by atoms with Crippen molar-refractivity contribution in [2.24, 2.45) is 0 Å². The first-order valence-electron chi connectivity index (χ1n) is 9.13. The molecule has 0 fully saturated rings. The zero-order valence-corrected chi connectivity index (χ0v) is 15.1. The molecule has 2 aliphatic rings. The number of ether oxygens (including phenoxy) is 2. The van der Waals surface area contributed by atoms with Gasteiger partial charge in [-0.15, -0.1) is 0 Å². The zero-order valence-electron chi connectivity index (χ0n) is 15.1. The summed E-state index contributed by atoms with van der Waals surface area (Å²) in [5, 5.41) is 0. The summed E-state index contributed by atoms with van der Waals surface area (Å²) in [7, 11) is 2.13. The lowest BCUT2D eigenvalue weighted by molar-refractivity contribution is 0.0771. The summed E-state index contributed by atoms with van der Waals surface area (Å²) in [5.41, 5.74) is 1.78. The molecule has 1 aromatic carbocycles. The molecule has 2 aliphatic heterocycles. The van der Waals surface area contributed by atoms with E-state index in [0.717, 1.165) is 61.5 Å². The molecule has 26 heavy (non-hydrogen) atoms. The number of benzene rings is 1. The number of rotatable bonds is 8. The Morgan fingerprint density at radius 3 is 2.77 bits per heavy atom. The molecule has 0 atom stereocenters. The lowest BCUT2D eigenvalue weighted by Gasteiger charge is -2.19. The van der Waals surface area contributed by atoms with Gasteiger partial charge in [0.1, 0.15) is 5.76 Å². The van der Waals surface area contributed by atoms with Gasteiger partial charge in [0.25, 0.3) is 5.91 Å². The smallest absolute Gasteiger partial charge is 0.254 e. The van der Waals surface area contributed by atoms with E-state index < -0.39 is 0 Å². The molecule has 0 aliphatic carbocycles. The largest absolute Gasteiger partial charge is 0.469 e. The van der Waals surface area contributed by atoms with E-state index in [0.29, 0.717) is 12.3 Å². The molecule has 2 aromatic rings. The monoisotopic (exact) mass is 356 g/mol. The number of hydrogen-bond acceptors (Lipinski definition) is 5. The average molecular weight is 356 g/mol. The number of nitrogens with zero attached hydrogens (tertiary/aromatic N) is 2. The molecule has 3 heterocycles. The van der Waals surface area contributed by atoms with Gasteiger partial charge in [-0.25, -0.2) is 0 Å². The molecule has 138 valence electrons. The summed E-state index contributed by atoms with van der Waals surface area (Å²) in [6.45, 7) is 3.66. The third-order valence-corrected chi connectivity index (χ3v) is 4.99. The van der Waals surface area contributed by atoms with Crippen LogP contribution < -0.4 is 9.47 Å². The lowest BCUT2D eigenvalue weighted by Crippen LogP contribution is -2.29. The van der Waals surface area contributed by atoms with Gasteiger partial charge in [0.15, 0.2) is 11.5 Å². The van der Waals surface area contributed by atoms with Crippen LogP contribution in [0.15, 0.2) is 34.9 Å². The fourth-order valence-electron chi connectivity index (χ4n) is 3.56. The number of hydrogen-bond donors (Lipinski definition) is 0. The zero-order chi connectivity index (χ0) is 17.9. The molecule has 6 heteroatoms. The number of amides is 1. The summed E-state index contributed by atoms with van der Waals surface area (Å²) in [4.78, 5) is 16.8. The van der Waals surface area contributed by atoms with Crippen molar-refractivity contribution in [3.63, 3.8) is 0 Å². The Labute approximate surface area is 153 Å². The second-order valence-electron chi connectivity index (χ2n) is 6.93. The van der Waals surface area contributed by atoms with Gasteiger partial charge in [0.2, 0.25) is 6.79 Å². The lowest BCUT2D eigenvalue weighted by atomic mass is 10.1. The van der Waals surface area contributed by atoms with E-state index >= 15 is 0 Å². The van der Waals surface area contributed by atoms with E-state index in [1.54, 1.807) is 6.26 Å². The van der Waals surface area contributed by atoms with Crippen molar-refractivity contribution in [2.75, 3.05) is 33.5 Å². The standard InChI is InChI=1S/C20H24N2O4/c1-21(7-2-5-16-6-3-10-24-16)8-4-9-22-13-15-11-18-19(26-14-25-18)12-17(15)20(22)23/h3,6,10-12H,2,4-5,7-9,13-14H2,1H3. The van der Waals surface area contributed by atoms with Crippen molar-refractivity contribution in [1.29, 1.82) is 0 Å². The van der Waals surface area contributed by atoms with Crippen LogP contribution >= 0.6 is 0 Å². The number of furan rings is 1. The van der Waals surface area contributed by atoms with Crippen molar-refractivity contribution >= 4 is 5.91 Å². The highest BCUT2D eigenvalue weighted by Crippen LogP contribution is 2.37. The van der Waals surface area contributed by atoms with Crippen LogP contribution in [0.2, 0.25) is 0 Å². The van der Waals surface area contributed by atoms with Gasteiger partial charge in [0.05, 0.1) is 6.26 Å². The van der Waals surface area contributed by atoms with E-state index in [1.165, 1.54) is 0 Å². The minimum absolute atomic E-state index is 0.0961. The van der Waals surface area contributed by atoms with Crippen LogP contribution in [-0.2, 0) is 13.0 Å². The Hall–Kier alpha value is -2.47. The molecule has 1 aromatic heterocycles. The van der Waals surface area contributed by atoms with Crippen LogP contribution in [0.25, 0.3) is 0 Å². The van der Waals surface area contributed by atoms with Gasteiger partial charge in [-0.2, -0.15) is 0 Å². The molecule has 0 radical (unpaired) electrons. The SMILES string of the molecule is CN(CCCc1ccco1)CCCN1Cc2cc3c(cc2C1=O)OCO3. The van der Waals surface area contributed by atoms with E-state index in [-0.39, 0.29) is 12.7 Å². The van der Waals surface area contributed by atoms with Gasteiger partial charge in [0, 0.05) is 25.1 Å². The van der Waals surface area contributed by atoms with Crippen LogP contribution in [0.5, 0.6) is 11.5 Å². The van der Waals surface area contributed by atoms with Crippen molar-refractivity contribution in [1.82, 2.24) is 9.80 Å². The predicted octanol–water partition coefficient (Wildman–Crippen LogP) is 2.92. The molecule has 0 saturated heterocycles. The maximum absolute atomic E-state index is 12.6. The maximum Gasteiger partial charge on any atom is 0.254 e. The quantitative estimate of drug-likeness (QED) is 0.728. The van der Waals surface area contributed by atoms with Crippen molar-refractivity contribution in [3.8, 4) is 11.5 Å². The molecule has 0 unspecified atom stereocenters. The van der Waals surface area contributed by atoms with Crippen LogP contribution in [0.3, 0.4) is 0 Å². The highest BCUT2D eigenvalue weighted by molar-refractivity contribution is 5.99. The first-order valence-corrected chi connectivity index (χ1v) is 9.13. The number of aryl methyl sites for hydroxylation is 1. The molecular weight excluding hydrogens is 332 g/mol. The summed E-state index contributed by atoms with van der Waals surface area (Å²) in [5.74, 6) is 2.56. The topological polar surface area (TPSA) is 55.2 Å². The van der Waals surface area contributed by atoms with Crippen LogP contribution in [-0.4, -0.2) is 49.2 Å². The second kappa shape index (κ2) is 7.41. The number of carbonyl (C=O) groups is 1.